The van der Waals surface area contributed by atoms with Crippen LogP contribution >= 0.6 is 0 Å². The minimum atomic E-state index is -3.83. The number of methoxy groups -OCH3 is 1. The van der Waals surface area contributed by atoms with Gasteiger partial charge in [-0.3, -0.25) is 4.79 Å². The van der Waals surface area contributed by atoms with E-state index in [9.17, 15) is 18.3 Å². The summed E-state index contributed by atoms with van der Waals surface area (Å²) in [6.45, 7) is 5.04. The first-order valence-electron chi connectivity index (χ1n) is 6.57. The normalized spacial score (nSPS) is 14.8. The highest BCUT2D eigenvalue weighted by atomic mass is 32.2. The molecule has 0 amide bonds. The summed E-state index contributed by atoms with van der Waals surface area (Å²) in [6, 6.07) is 4.89. The Hall–Kier alpha value is -1.44. The fourth-order valence-electron chi connectivity index (χ4n) is 1.74. The van der Waals surface area contributed by atoms with Crippen LogP contribution in [0.4, 0.5) is 0 Å². The van der Waals surface area contributed by atoms with Gasteiger partial charge in [-0.15, -0.1) is 0 Å². The summed E-state index contributed by atoms with van der Waals surface area (Å²) in [5.41, 5.74) is 0.613. The average Bonchev–Trinajstić information content (AvgIpc) is 2.43. The number of nitrogens with one attached hydrogen (secondary N) is 1. The van der Waals surface area contributed by atoms with Gasteiger partial charge >= 0.3 is 5.97 Å². The van der Waals surface area contributed by atoms with E-state index < -0.39 is 28.1 Å². The van der Waals surface area contributed by atoms with Gasteiger partial charge < -0.3 is 9.84 Å². The maximum absolute atomic E-state index is 12.3. The Morgan fingerprint density at radius 2 is 1.71 bits per heavy atom. The minimum Gasteiger partial charge on any atom is -0.468 e. The standard InChI is InChI=1S/C14H21NO5S/c1-9(2)13(14(17)20-4)15-21(18,19)12-7-5-11(6-8-12)10(3)16/h5-10,13,15-16H,1-4H3. The molecule has 0 radical (unpaired) electrons. The van der Waals surface area contributed by atoms with Gasteiger partial charge in [0.25, 0.3) is 0 Å². The van der Waals surface area contributed by atoms with Crippen LogP contribution in [-0.4, -0.2) is 32.6 Å². The van der Waals surface area contributed by atoms with Gasteiger partial charge in [-0.1, -0.05) is 26.0 Å². The van der Waals surface area contributed by atoms with E-state index in [-0.39, 0.29) is 10.8 Å². The molecule has 21 heavy (non-hydrogen) atoms. The summed E-state index contributed by atoms with van der Waals surface area (Å²) in [5, 5.41) is 9.41. The van der Waals surface area contributed by atoms with Gasteiger partial charge in [0.2, 0.25) is 10.0 Å². The van der Waals surface area contributed by atoms with Crippen molar-refractivity contribution in [2.45, 2.75) is 37.8 Å². The van der Waals surface area contributed by atoms with Crippen molar-refractivity contribution in [1.82, 2.24) is 4.72 Å². The van der Waals surface area contributed by atoms with Gasteiger partial charge in [0, 0.05) is 0 Å². The Morgan fingerprint density at radius 3 is 2.10 bits per heavy atom. The lowest BCUT2D eigenvalue weighted by Crippen LogP contribution is -2.44. The molecule has 0 aromatic heterocycles. The van der Waals surface area contributed by atoms with Crippen molar-refractivity contribution in [3.8, 4) is 0 Å². The fourth-order valence-corrected chi connectivity index (χ4v) is 3.08. The number of aliphatic hydroxyl groups is 1. The van der Waals surface area contributed by atoms with Gasteiger partial charge in [-0.25, -0.2) is 8.42 Å². The number of rotatable bonds is 6. The van der Waals surface area contributed by atoms with Crippen LogP contribution in [-0.2, 0) is 19.6 Å². The molecule has 118 valence electrons. The lowest BCUT2D eigenvalue weighted by atomic mass is 10.1. The first-order chi connectivity index (χ1) is 9.69. The zero-order chi connectivity index (χ0) is 16.2. The highest BCUT2D eigenvalue weighted by Gasteiger charge is 2.29. The van der Waals surface area contributed by atoms with Gasteiger partial charge in [0.05, 0.1) is 18.1 Å². The number of benzene rings is 1. The number of esters is 1. The molecular formula is C14H21NO5S. The van der Waals surface area contributed by atoms with E-state index >= 15 is 0 Å². The Labute approximate surface area is 125 Å². The molecule has 6 nitrogen and oxygen atoms in total. The highest BCUT2D eigenvalue weighted by molar-refractivity contribution is 7.89. The second-order valence-corrected chi connectivity index (χ2v) is 6.83. The molecule has 0 bridgehead atoms. The van der Waals surface area contributed by atoms with E-state index in [1.54, 1.807) is 20.8 Å². The number of ether oxygens (including phenoxy) is 1. The quantitative estimate of drug-likeness (QED) is 0.770. The third kappa shape index (κ3) is 4.52. The van der Waals surface area contributed by atoms with Crippen molar-refractivity contribution >= 4 is 16.0 Å². The maximum atomic E-state index is 12.3. The third-order valence-corrected chi connectivity index (χ3v) is 4.53. The smallest absolute Gasteiger partial charge is 0.324 e. The molecule has 1 aromatic carbocycles. The maximum Gasteiger partial charge on any atom is 0.324 e. The molecule has 2 N–H and O–H groups in total. The SMILES string of the molecule is COC(=O)C(NS(=O)(=O)c1ccc(C(C)O)cc1)C(C)C. The molecule has 0 fully saturated rings. The van der Waals surface area contributed by atoms with Gasteiger partial charge in [0.1, 0.15) is 6.04 Å². The molecule has 1 rings (SSSR count). The molecule has 2 atom stereocenters. The van der Waals surface area contributed by atoms with Crippen molar-refractivity contribution in [3.05, 3.63) is 29.8 Å². The Kier molecular flexibility index (Phi) is 5.88. The minimum absolute atomic E-state index is 0.0291. The van der Waals surface area contributed by atoms with Crippen LogP contribution in [0.5, 0.6) is 0 Å². The average molecular weight is 315 g/mol. The fraction of sp³-hybridized carbons (Fsp3) is 0.500. The van der Waals surface area contributed by atoms with Crippen molar-refractivity contribution in [2.75, 3.05) is 7.11 Å². The van der Waals surface area contributed by atoms with Gasteiger partial charge in [0.15, 0.2) is 0 Å². The van der Waals surface area contributed by atoms with E-state index in [1.807, 2.05) is 0 Å². The van der Waals surface area contributed by atoms with Crippen LogP contribution in [0, 0.1) is 5.92 Å². The van der Waals surface area contributed by atoms with E-state index in [4.69, 9.17) is 0 Å². The number of carbonyl (C=O) groups excluding carboxylic acids is 1. The predicted octanol–water partition coefficient (Wildman–Crippen LogP) is 1.22. The van der Waals surface area contributed by atoms with Crippen LogP contribution in [0.25, 0.3) is 0 Å². The molecule has 0 saturated heterocycles. The van der Waals surface area contributed by atoms with Crippen molar-refractivity contribution in [1.29, 1.82) is 0 Å². The largest absolute Gasteiger partial charge is 0.468 e. The molecular weight excluding hydrogens is 294 g/mol. The second kappa shape index (κ2) is 7.02. The molecule has 2 unspecified atom stereocenters. The zero-order valence-electron chi connectivity index (χ0n) is 12.5. The second-order valence-electron chi connectivity index (χ2n) is 5.11. The monoisotopic (exact) mass is 315 g/mol. The number of aliphatic hydroxyl groups excluding tert-OH is 1. The van der Waals surface area contributed by atoms with E-state index in [2.05, 4.69) is 9.46 Å². The van der Waals surface area contributed by atoms with Crippen molar-refractivity contribution in [3.63, 3.8) is 0 Å². The zero-order valence-corrected chi connectivity index (χ0v) is 13.3. The lowest BCUT2D eigenvalue weighted by molar-refractivity contribution is -0.143. The number of hydrogen-bond acceptors (Lipinski definition) is 5. The first kappa shape index (κ1) is 17.6. The summed E-state index contributed by atoms with van der Waals surface area (Å²) < 4.78 is 31.5. The van der Waals surface area contributed by atoms with E-state index in [0.717, 1.165) is 0 Å². The Balaban J connectivity index is 3.02. The van der Waals surface area contributed by atoms with Crippen LogP contribution in [0.3, 0.4) is 0 Å². The number of hydrogen-bond donors (Lipinski definition) is 2. The molecule has 0 aliphatic rings. The van der Waals surface area contributed by atoms with Crippen LogP contribution in [0.15, 0.2) is 29.2 Å². The predicted molar refractivity (Wildman–Crippen MR) is 78.0 cm³/mol. The third-order valence-electron chi connectivity index (χ3n) is 3.08. The molecule has 0 aliphatic heterocycles. The van der Waals surface area contributed by atoms with Crippen molar-refractivity contribution in [2.24, 2.45) is 5.92 Å². The topological polar surface area (TPSA) is 92.7 Å². The highest BCUT2D eigenvalue weighted by Crippen LogP contribution is 2.17. The van der Waals surface area contributed by atoms with Crippen LogP contribution in [0.1, 0.15) is 32.4 Å². The first-order valence-corrected chi connectivity index (χ1v) is 8.05. The number of sulfonamides is 1. The molecule has 0 aliphatic carbocycles. The number of carbonyl (C=O) groups is 1. The van der Waals surface area contributed by atoms with Crippen LogP contribution in [0.2, 0.25) is 0 Å². The van der Waals surface area contributed by atoms with Gasteiger partial charge in [-0.05, 0) is 30.5 Å². The lowest BCUT2D eigenvalue weighted by Gasteiger charge is -2.19. The summed E-state index contributed by atoms with van der Waals surface area (Å²) in [5.74, 6) is -0.877. The van der Waals surface area contributed by atoms with E-state index in [0.29, 0.717) is 5.56 Å². The molecule has 1 aromatic rings. The van der Waals surface area contributed by atoms with E-state index in [1.165, 1.54) is 31.4 Å². The molecule has 0 spiro atoms. The summed E-state index contributed by atoms with van der Waals surface area (Å²) in [4.78, 5) is 11.7. The summed E-state index contributed by atoms with van der Waals surface area (Å²) in [6.07, 6.45) is -0.673. The Morgan fingerprint density at radius 1 is 1.19 bits per heavy atom. The summed E-state index contributed by atoms with van der Waals surface area (Å²) >= 11 is 0. The molecule has 0 saturated carbocycles. The van der Waals surface area contributed by atoms with Crippen molar-refractivity contribution < 1.29 is 23.1 Å². The van der Waals surface area contributed by atoms with Crippen LogP contribution < -0.4 is 4.72 Å². The summed E-state index contributed by atoms with van der Waals surface area (Å²) in [7, 11) is -2.62. The molecule has 0 heterocycles. The van der Waals surface area contributed by atoms with Gasteiger partial charge in [-0.2, -0.15) is 4.72 Å². The molecule has 7 heteroatoms. The Bertz CT molecular complexity index is 578.